The quantitative estimate of drug-likeness (QED) is 0.740. The van der Waals surface area contributed by atoms with Gasteiger partial charge in [-0.15, -0.1) is 0 Å². The summed E-state index contributed by atoms with van der Waals surface area (Å²) in [6.45, 7) is 2.38. The van der Waals surface area contributed by atoms with E-state index in [1.54, 1.807) is 0 Å². The van der Waals surface area contributed by atoms with E-state index in [1.807, 2.05) is 6.92 Å². The summed E-state index contributed by atoms with van der Waals surface area (Å²) in [5.41, 5.74) is 5.95. The molecule has 2 atom stereocenters. The second-order valence-electron chi connectivity index (χ2n) is 4.38. The van der Waals surface area contributed by atoms with Crippen LogP contribution in [0.3, 0.4) is 0 Å². The number of sulfonamides is 1. The topological polar surface area (TPSA) is 72.2 Å². The summed E-state index contributed by atoms with van der Waals surface area (Å²) in [5, 5.41) is 0. The van der Waals surface area contributed by atoms with Crippen molar-refractivity contribution in [3.63, 3.8) is 0 Å². The first-order valence-electron chi connectivity index (χ1n) is 5.78. The minimum atomic E-state index is -3.06. The first-order chi connectivity index (χ1) is 7.05. The van der Waals surface area contributed by atoms with Crippen LogP contribution < -0.4 is 10.5 Å². The van der Waals surface area contributed by atoms with Gasteiger partial charge in [0.25, 0.3) is 0 Å². The van der Waals surface area contributed by atoms with Gasteiger partial charge in [-0.2, -0.15) is 0 Å². The van der Waals surface area contributed by atoms with Crippen molar-refractivity contribution in [2.45, 2.75) is 45.1 Å². The van der Waals surface area contributed by atoms with Crippen LogP contribution in [0.25, 0.3) is 0 Å². The fourth-order valence-electron chi connectivity index (χ4n) is 2.06. The number of hydrogen-bond acceptors (Lipinski definition) is 3. The molecule has 0 spiro atoms. The molecule has 1 fully saturated rings. The van der Waals surface area contributed by atoms with Crippen LogP contribution >= 0.6 is 0 Å². The van der Waals surface area contributed by atoms with Crippen molar-refractivity contribution >= 4 is 10.0 Å². The fourth-order valence-corrected chi connectivity index (χ4v) is 3.21. The molecule has 0 aromatic rings. The summed E-state index contributed by atoms with van der Waals surface area (Å²) >= 11 is 0. The second kappa shape index (κ2) is 5.82. The maximum atomic E-state index is 11.4. The lowest BCUT2D eigenvalue weighted by Gasteiger charge is -2.28. The Hall–Kier alpha value is -0.130. The average molecular weight is 234 g/mol. The Morgan fingerprint density at radius 3 is 2.60 bits per heavy atom. The second-order valence-corrected chi connectivity index (χ2v) is 6.30. The Morgan fingerprint density at radius 1 is 1.33 bits per heavy atom. The lowest BCUT2D eigenvalue weighted by molar-refractivity contribution is 0.308. The Labute approximate surface area is 92.7 Å². The molecule has 2 unspecified atom stereocenters. The zero-order valence-electron chi connectivity index (χ0n) is 9.41. The highest BCUT2D eigenvalue weighted by Crippen LogP contribution is 2.22. The monoisotopic (exact) mass is 234 g/mol. The predicted octanol–water partition coefficient (Wildman–Crippen LogP) is 0.833. The lowest BCUT2D eigenvalue weighted by atomic mass is 9.85. The van der Waals surface area contributed by atoms with Crippen LogP contribution in [-0.2, 0) is 10.0 Å². The Bertz CT molecular complexity index is 277. The molecule has 1 saturated carbocycles. The highest BCUT2D eigenvalue weighted by molar-refractivity contribution is 7.89. The third kappa shape index (κ3) is 4.49. The van der Waals surface area contributed by atoms with E-state index < -0.39 is 10.0 Å². The number of nitrogens with one attached hydrogen (secondary N) is 1. The molecule has 0 aromatic heterocycles. The molecule has 0 aliphatic heterocycles. The minimum absolute atomic E-state index is 0.170. The van der Waals surface area contributed by atoms with Crippen LogP contribution in [-0.4, -0.2) is 26.8 Å². The standard InChI is InChI=1S/C10H22N2O2S/c1-2-7-15(13,14)12-8-9-5-3-4-6-10(9)11/h9-10,12H,2-8,11H2,1H3. The summed E-state index contributed by atoms with van der Waals surface area (Å²) in [4.78, 5) is 0. The van der Waals surface area contributed by atoms with Crippen molar-refractivity contribution in [2.75, 3.05) is 12.3 Å². The predicted molar refractivity (Wildman–Crippen MR) is 62.0 cm³/mol. The van der Waals surface area contributed by atoms with E-state index in [0.29, 0.717) is 18.9 Å². The maximum Gasteiger partial charge on any atom is 0.211 e. The zero-order valence-corrected chi connectivity index (χ0v) is 10.2. The van der Waals surface area contributed by atoms with E-state index in [1.165, 1.54) is 12.8 Å². The van der Waals surface area contributed by atoms with Gasteiger partial charge in [0, 0.05) is 12.6 Å². The molecule has 4 nitrogen and oxygen atoms in total. The molecule has 1 aliphatic carbocycles. The zero-order chi connectivity index (χ0) is 11.3. The molecule has 15 heavy (non-hydrogen) atoms. The van der Waals surface area contributed by atoms with Gasteiger partial charge in [-0.3, -0.25) is 0 Å². The molecule has 0 amide bonds. The highest BCUT2D eigenvalue weighted by atomic mass is 32.2. The van der Waals surface area contributed by atoms with E-state index in [-0.39, 0.29) is 11.8 Å². The van der Waals surface area contributed by atoms with Crippen molar-refractivity contribution < 1.29 is 8.42 Å². The van der Waals surface area contributed by atoms with E-state index in [2.05, 4.69) is 4.72 Å². The average Bonchev–Trinajstić information content (AvgIpc) is 2.16. The SMILES string of the molecule is CCCS(=O)(=O)NCC1CCCCC1N. The Morgan fingerprint density at radius 2 is 2.00 bits per heavy atom. The molecule has 0 saturated heterocycles. The molecule has 1 rings (SSSR count). The third-order valence-corrected chi connectivity index (χ3v) is 4.56. The number of nitrogens with two attached hydrogens (primary N) is 1. The van der Waals surface area contributed by atoms with Gasteiger partial charge in [-0.05, 0) is 25.2 Å². The molecule has 0 bridgehead atoms. The largest absolute Gasteiger partial charge is 0.327 e. The first-order valence-corrected chi connectivity index (χ1v) is 7.43. The Balaban J connectivity index is 2.35. The van der Waals surface area contributed by atoms with Crippen molar-refractivity contribution in [3.8, 4) is 0 Å². The van der Waals surface area contributed by atoms with E-state index in [0.717, 1.165) is 12.8 Å². The smallest absolute Gasteiger partial charge is 0.211 e. The van der Waals surface area contributed by atoms with Crippen LogP contribution in [0.2, 0.25) is 0 Å². The van der Waals surface area contributed by atoms with Crippen molar-refractivity contribution in [2.24, 2.45) is 11.7 Å². The maximum absolute atomic E-state index is 11.4. The van der Waals surface area contributed by atoms with Gasteiger partial charge in [0.1, 0.15) is 0 Å². The molecule has 0 heterocycles. The van der Waals surface area contributed by atoms with Crippen molar-refractivity contribution in [1.82, 2.24) is 4.72 Å². The Kier molecular flexibility index (Phi) is 5.02. The van der Waals surface area contributed by atoms with Crippen LogP contribution in [0.15, 0.2) is 0 Å². The normalized spacial score (nSPS) is 27.9. The summed E-state index contributed by atoms with van der Waals surface area (Å²) < 4.78 is 25.5. The van der Waals surface area contributed by atoms with Gasteiger partial charge in [0.05, 0.1) is 5.75 Å². The fraction of sp³-hybridized carbons (Fsp3) is 1.00. The number of rotatable bonds is 5. The van der Waals surface area contributed by atoms with Crippen LogP contribution in [0, 0.1) is 5.92 Å². The van der Waals surface area contributed by atoms with E-state index >= 15 is 0 Å². The third-order valence-electron chi connectivity index (χ3n) is 3.01. The molecule has 0 radical (unpaired) electrons. The molecule has 0 aromatic carbocycles. The lowest BCUT2D eigenvalue weighted by Crippen LogP contribution is -2.41. The first kappa shape index (κ1) is 12.9. The molecule has 5 heteroatoms. The number of hydrogen-bond donors (Lipinski definition) is 2. The summed E-state index contributed by atoms with van der Waals surface area (Å²) in [6.07, 6.45) is 5.09. The summed E-state index contributed by atoms with van der Waals surface area (Å²) in [7, 11) is -3.06. The van der Waals surface area contributed by atoms with E-state index in [9.17, 15) is 8.42 Å². The summed E-state index contributed by atoms with van der Waals surface area (Å²) in [5.74, 6) is 0.542. The molecular formula is C10H22N2O2S. The van der Waals surface area contributed by atoms with Gasteiger partial charge in [-0.25, -0.2) is 13.1 Å². The van der Waals surface area contributed by atoms with Gasteiger partial charge in [0.2, 0.25) is 10.0 Å². The molecular weight excluding hydrogens is 212 g/mol. The molecule has 3 N–H and O–H groups in total. The van der Waals surface area contributed by atoms with Crippen LogP contribution in [0.4, 0.5) is 0 Å². The summed E-state index contributed by atoms with van der Waals surface area (Å²) in [6, 6.07) is 0.170. The van der Waals surface area contributed by atoms with Crippen LogP contribution in [0.5, 0.6) is 0 Å². The van der Waals surface area contributed by atoms with Gasteiger partial charge in [-0.1, -0.05) is 19.8 Å². The molecule has 90 valence electrons. The van der Waals surface area contributed by atoms with Gasteiger partial charge >= 0.3 is 0 Å². The molecule has 1 aliphatic rings. The minimum Gasteiger partial charge on any atom is -0.327 e. The van der Waals surface area contributed by atoms with Crippen molar-refractivity contribution in [1.29, 1.82) is 0 Å². The van der Waals surface area contributed by atoms with Gasteiger partial charge in [0.15, 0.2) is 0 Å². The highest BCUT2D eigenvalue weighted by Gasteiger charge is 2.23. The van der Waals surface area contributed by atoms with Crippen molar-refractivity contribution in [3.05, 3.63) is 0 Å². The van der Waals surface area contributed by atoms with E-state index in [4.69, 9.17) is 5.73 Å². The van der Waals surface area contributed by atoms with Crippen LogP contribution in [0.1, 0.15) is 39.0 Å². The van der Waals surface area contributed by atoms with Gasteiger partial charge < -0.3 is 5.73 Å².